The van der Waals surface area contributed by atoms with E-state index in [1.807, 2.05) is 0 Å². The molecule has 2 heterocycles. The van der Waals surface area contributed by atoms with E-state index >= 15 is 0 Å². The zero-order valence-electron chi connectivity index (χ0n) is 14.7. The van der Waals surface area contributed by atoms with Gasteiger partial charge in [0.15, 0.2) is 0 Å². The molecular formula is C18H13BF3N3O3S. The Morgan fingerprint density at radius 3 is 2.52 bits per heavy atom. The lowest BCUT2D eigenvalue weighted by Crippen LogP contribution is -2.27. The van der Waals surface area contributed by atoms with Crippen molar-refractivity contribution >= 4 is 39.4 Å². The molecule has 0 aliphatic rings. The summed E-state index contributed by atoms with van der Waals surface area (Å²) in [7, 11) is -1.64. The summed E-state index contributed by atoms with van der Waals surface area (Å²) in [5, 5.41) is 24.2. The van der Waals surface area contributed by atoms with Crippen LogP contribution in [0.4, 0.5) is 13.2 Å². The third kappa shape index (κ3) is 3.89. The van der Waals surface area contributed by atoms with Crippen molar-refractivity contribution in [3.05, 3.63) is 69.1 Å². The molecule has 0 saturated carbocycles. The van der Waals surface area contributed by atoms with E-state index in [4.69, 9.17) is 0 Å². The zero-order valence-corrected chi connectivity index (χ0v) is 15.5. The molecule has 4 rings (SSSR count). The highest BCUT2D eigenvalue weighted by atomic mass is 32.1. The van der Waals surface area contributed by atoms with Crippen LogP contribution in [0.1, 0.15) is 16.3 Å². The molecule has 0 aliphatic carbocycles. The summed E-state index contributed by atoms with van der Waals surface area (Å²) in [6.07, 6.45) is -4.63. The molecule has 0 saturated heterocycles. The van der Waals surface area contributed by atoms with Gasteiger partial charge in [-0.1, -0.05) is 18.2 Å². The molecule has 2 aromatic heterocycles. The number of benzene rings is 2. The van der Waals surface area contributed by atoms with Crippen molar-refractivity contribution in [2.24, 2.45) is 0 Å². The molecular weight excluding hydrogens is 406 g/mol. The van der Waals surface area contributed by atoms with Gasteiger partial charge in [-0.3, -0.25) is 4.79 Å². The van der Waals surface area contributed by atoms with Crippen LogP contribution in [0.25, 0.3) is 21.0 Å². The maximum atomic E-state index is 12.9. The Hall–Kier alpha value is -2.76. The number of hydrogen-bond donors (Lipinski definition) is 2. The van der Waals surface area contributed by atoms with E-state index in [9.17, 15) is 28.0 Å². The van der Waals surface area contributed by atoms with Crippen molar-refractivity contribution < 1.29 is 23.2 Å². The standard InChI is InChI=1S/C18H13BF3N3O3S/c20-18(21,22)10-5-6-15-13(7-10)23-16(29-15)9-25-17(26)12-4-2-1-3-11(12)14(24-25)8-19(27)28/h1-7,27-28H,8-9H2. The van der Waals surface area contributed by atoms with Crippen LogP contribution in [-0.4, -0.2) is 31.9 Å². The third-order valence-electron chi connectivity index (χ3n) is 4.36. The molecule has 6 nitrogen and oxygen atoms in total. The van der Waals surface area contributed by atoms with Crippen molar-refractivity contribution in [1.29, 1.82) is 0 Å². The molecule has 2 N–H and O–H groups in total. The van der Waals surface area contributed by atoms with E-state index in [-0.39, 0.29) is 18.4 Å². The average Bonchev–Trinajstić information content (AvgIpc) is 3.06. The molecule has 4 aromatic rings. The summed E-state index contributed by atoms with van der Waals surface area (Å²) in [5.74, 6) is 0. The minimum Gasteiger partial charge on any atom is -0.427 e. The maximum absolute atomic E-state index is 12.9. The number of aromatic nitrogens is 3. The van der Waals surface area contributed by atoms with Gasteiger partial charge in [-0.25, -0.2) is 9.67 Å². The number of fused-ring (bicyclic) bond motifs is 2. The quantitative estimate of drug-likeness (QED) is 0.497. The van der Waals surface area contributed by atoms with Crippen molar-refractivity contribution in [3.8, 4) is 0 Å². The first-order valence-electron chi connectivity index (χ1n) is 8.54. The molecule has 0 fully saturated rings. The van der Waals surface area contributed by atoms with E-state index < -0.39 is 24.4 Å². The fourth-order valence-corrected chi connectivity index (χ4v) is 4.01. The molecule has 0 unspecified atom stereocenters. The van der Waals surface area contributed by atoms with Crippen LogP contribution in [-0.2, 0) is 19.0 Å². The van der Waals surface area contributed by atoms with Crippen LogP contribution in [0.3, 0.4) is 0 Å². The molecule has 0 radical (unpaired) electrons. The van der Waals surface area contributed by atoms with Gasteiger partial charge in [0.25, 0.3) is 5.56 Å². The van der Waals surface area contributed by atoms with Gasteiger partial charge in [0, 0.05) is 11.7 Å². The second-order valence-electron chi connectivity index (χ2n) is 6.43. The lowest BCUT2D eigenvalue weighted by molar-refractivity contribution is -0.137. The van der Waals surface area contributed by atoms with Gasteiger partial charge in [0.2, 0.25) is 0 Å². The SMILES string of the molecule is O=c1c2ccccc2c(CB(O)O)nn1Cc1nc2cc(C(F)(F)F)ccc2s1. The number of hydrogen-bond acceptors (Lipinski definition) is 6. The van der Waals surface area contributed by atoms with Gasteiger partial charge in [0.1, 0.15) is 5.01 Å². The molecule has 0 aliphatic heterocycles. The highest BCUT2D eigenvalue weighted by Crippen LogP contribution is 2.33. The Morgan fingerprint density at radius 2 is 1.83 bits per heavy atom. The Morgan fingerprint density at radius 1 is 1.10 bits per heavy atom. The fourth-order valence-electron chi connectivity index (χ4n) is 3.08. The first-order valence-corrected chi connectivity index (χ1v) is 9.35. The number of alkyl halides is 3. The largest absolute Gasteiger partial charge is 0.457 e. The minimum atomic E-state index is -4.46. The number of thiazole rings is 1. The van der Waals surface area contributed by atoms with Crippen LogP contribution >= 0.6 is 11.3 Å². The van der Waals surface area contributed by atoms with Crippen molar-refractivity contribution in [2.45, 2.75) is 19.0 Å². The Bertz CT molecular complexity index is 1270. The normalized spacial score (nSPS) is 12.0. The number of nitrogens with zero attached hydrogens (tertiary/aromatic N) is 3. The smallest absolute Gasteiger partial charge is 0.427 e. The third-order valence-corrected chi connectivity index (χ3v) is 5.39. The van der Waals surface area contributed by atoms with Crippen LogP contribution in [0.2, 0.25) is 0 Å². The summed E-state index contributed by atoms with van der Waals surface area (Å²) in [5.41, 5.74) is -0.663. The number of halogens is 3. The topological polar surface area (TPSA) is 88.2 Å². The summed E-state index contributed by atoms with van der Waals surface area (Å²) in [6.45, 7) is -0.0428. The number of rotatable bonds is 4. The molecule has 0 atom stereocenters. The van der Waals surface area contributed by atoms with Gasteiger partial charge < -0.3 is 10.0 Å². The van der Waals surface area contributed by atoms with E-state index in [1.54, 1.807) is 24.3 Å². The predicted molar refractivity (Wildman–Crippen MR) is 104 cm³/mol. The van der Waals surface area contributed by atoms with Crippen LogP contribution in [0, 0.1) is 0 Å². The van der Waals surface area contributed by atoms with Gasteiger partial charge in [0.05, 0.1) is 33.4 Å². The van der Waals surface area contributed by atoms with Crippen molar-refractivity contribution in [2.75, 3.05) is 0 Å². The lowest BCUT2D eigenvalue weighted by Gasteiger charge is -2.09. The molecule has 0 bridgehead atoms. The van der Waals surface area contributed by atoms with Crippen LogP contribution in [0.15, 0.2) is 47.3 Å². The zero-order chi connectivity index (χ0) is 20.8. The lowest BCUT2D eigenvalue weighted by atomic mass is 9.83. The molecule has 0 amide bonds. The Kier molecular flexibility index (Phi) is 4.89. The van der Waals surface area contributed by atoms with Crippen LogP contribution in [0.5, 0.6) is 0 Å². The van der Waals surface area contributed by atoms with E-state index in [0.29, 0.717) is 26.2 Å². The average molecular weight is 419 g/mol. The van der Waals surface area contributed by atoms with E-state index in [1.165, 1.54) is 17.4 Å². The molecule has 148 valence electrons. The first-order chi connectivity index (χ1) is 13.7. The fraction of sp³-hybridized carbons (Fsp3) is 0.167. The van der Waals surface area contributed by atoms with Gasteiger partial charge in [-0.15, -0.1) is 11.3 Å². The maximum Gasteiger partial charge on any atom is 0.457 e. The van der Waals surface area contributed by atoms with E-state index in [0.717, 1.165) is 16.8 Å². The second-order valence-corrected chi connectivity index (χ2v) is 7.54. The predicted octanol–water partition coefficient (Wildman–Crippen LogP) is 2.63. The van der Waals surface area contributed by atoms with Crippen LogP contribution < -0.4 is 5.56 Å². The highest BCUT2D eigenvalue weighted by molar-refractivity contribution is 7.18. The summed E-state index contributed by atoms with van der Waals surface area (Å²) < 4.78 is 40.4. The molecule has 2 aromatic carbocycles. The molecule has 11 heteroatoms. The van der Waals surface area contributed by atoms with Crippen molar-refractivity contribution in [1.82, 2.24) is 14.8 Å². The van der Waals surface area contributed by atoms with Gasteiger partial charge >= 0.3 is 13.3 Å². The summed E-state index contributed by atoms with van der Waals surface area (Å²) >= 11 is 1.17. The first kappa shape index (κ1) is 19.6. The molecule has 29 heavy (non-hydrogen) atoms. The summed E-state index contributed by atoms with van der Waals surface area (Å²) in [4.78, 5) is 17.0. The Balaban J connectivity index is 1.77. The monoisotopic (exact) mass is 419 g/mol. The highest BCUT2D eigenvalue weighted by Gasteiger charge is 2.30. The minimum absolute atomic E-state index is 0.0428. The summed E-state index contributed by atoms with van der Waals surface area (Å²) in [6, 6.07) is 9.99. The Labute approximate surface area is 166 Å². The van der Waals surface area contributed by atoms with Gasteiger partial charge in [-0.2, -0.15) is 18.3 Å². The molecule has 0 spiro atoms. The van der Waals surface area contributed by atoms with Gasteiger partial charge in [-0.05, 0) is 24.3 Å². The second kappa shape index (κ2) is 7.25. The van der Waals surface area contributed by atoms with Crippen molar-refractivity contribution in [3.63, 3.8) is 0 Å². The van der Waals surface area contributed by atoms with E-state index in [2.05, 4.69) is 10.1 Å².